The average Bonchev–Trinajstić information content (AvgIpc) is 2.93. The molecule has 0 radical (unpaired) electrons. The summed E-state index contributed by atoms with van der Waals surface area (Å²) in [7, 11) is -2.93. The lowest BCUT2D eigenvalue weighted by Crippen LogP contribution is -2.31. The van der Waals surface area contributed by atoms with Crippen molar-refractivity contribution in [3.63, 3.8) is 0 Å². The van der Waals surface area contributed by atoms with Crippen molar-refractivity contribution in [1.82, 2.24) is 15.2 Å². The first kappa shape index (κ1) is 15.3. The van der Waals surface area contributed by atoms with Gasteiger partial charge in [0.1, 0.15) is 0 Å². The molecule has 7 nitrogen and oxygen atoms in total. The van der Waals surface area contributed by atoms with E-state index in [2.05, 4.69) is 43.6 Å². The second kappa shape index (κ2) is 6.01. The Balaban J connectivity index is 1.49. The summed E-state index contributed by atoms with van der Waals surface area (Å²) in [6.45, 7) is 1.68. The Labute approximate surface area is 141 Å². The van der Waals surface area contributed by atoms with Crippen molar-refractivity contribution in [1.29, 1.82) is 0 Å². The monoisotopic (exact) mass is 345 g/mol. The Morgan fingerprint density at radius 2 is 2.04 bits per heavy atom. The van der Waals surface area contributed by atoms with Crippen molar-refractivity contribution in [2.75, 3.05) is 28.3 Å². The smallest absolute Gasteiger partial charge is 0.244 e. The van der Waals surface area contributed by atoms with Crippen LogP contribution in [0.4, 0.5) is 11.8 Å². The first-order chi connectivity index (χ1) is 11.6. The maximum atomic E-state index is 11.6. The quantitative estimate of drug-likeness (QED) is 0.889. The van der Waals surface area contributed by atoms with Gasteiger partial charge in [-0.15, -0.1) is 5.10 Å². The van der Waals surface area contributed by atoms with Gasteiger partial charge in [-0.05, 0) is 24.0 Å². The second-order valence-electron chi connectivity index (χ2n) is 6.32. The van der Waals surface area contributed by atoms with Gasteiger partial charge in [-0.1, -0.05) is 24.3 Å². The van der Waals surface area contributed by atoms with Gasteiger partial charge in [0.05, 0.1) is 17.7 Å². The summed E-state index contributed by atoms with van der Waals surface area (Å²) in [6.07, 6.45) is 3.22. The highest BCUT2D eigenvalue weighted by Gasteiger charge is 2.28. The van der Waals surface area contributed by atoms with Gasteiger partial charge in [-0.25, -0.2) is 8.42 Å². The summed E-state index contributed by atoms with van der Waals surface area (Å²) in [5, 5.41) is 11.1. The highest BCUT2D eigenvalue weighted by molar-refractivity contribution is 7.91. The van der Waals surface area contributed by atoms with E-state index >= 15 is 0 Å². The minimum Gasteiger partial charge on any atom is -0.350 e. The number of anilines is 2. The summed E-state index contributed by atoms with van der Waals surface area (Å²) >= 11 is 0. The molecular weight excluding hydrogens is 326 g/mol. The molecule has 0 aliphatic carbocycles. The van der Waals surface area contributed by atoms with Crippen LogP contribution in [0, 0.1) is 0 Å². The number of nitrogens with one attached hydrogen (secondary N) is 1. The average molecular weight is 345 g/mol. The zero-order chi connectivity index (χ0) is 16.6. The van der Waals surface area contributed by atoms with Crippen LogP contribution in [-0.2, 0) is 22.8 Å². The summed E-state index contributed by atoms with van der Waals surface area (Å²) in [4.78, 5) is 6.70. The Bertz CT molecular complexity index is 855. The van der Waals surface area contributed by atoms with Gasteiger partial charge in [0.15, 0.2) is 15.7 Å². The van der Waals surface area contributed by atoms with E-state index in [0.717, 1.165) is 25.3 Å². The number of sulfone groups is 1. The van der Waals surface area contributed by atoms with E-state index < -0.39 is 9.84 Å². The Kier molecular flexibility index (Phi) is 3.84. The van der Waals surface area contributed by atoms with Crippen molar-refractivity contribution in [3.05, 3.63) is 41.6 Å². The van der Waals surface area contributed by atoms with Gasteiger partial charge in [0.2, 0.25) is 5.95 Å². The van der Waals surface area contributed by atoms with Gasteiger partial charge in [0, 0.05) is 19.1 Å². The molecule has 1 N–H and O–H groups in total. The molecule has 0 saturated carbocycles. The number of aromatic nitrogens is 3. The fourth-order valence-electron chi connectivity index (χ4n) is 3.29. The third-order valence-electron chi connectivity index (χ3n) is 4.57. The molecule has 3 heterocycles. The van der Waals surface area contributed by atoms with Gasteiger partial charge >= 0.3 is 0 Å². The second-order valence-corrected chi connectivity index (χ2v) is 8.55. The lowest BCUT2D eigenvalue weighted by molar-refractivity contribution is 0.602. The lowest BCUT2D eigenvalue weighted by Gasteiger charge is -2.29. The van der Waals surface area contributed by atoms with E-state index in [1.165, 1.54) is 11.1 Å². The molecule has 0 amide bonds. The van der Waals surface area contributed by atoms with Crippen LogP contribution in [0.1, 0.15) is 17.5 Å². The summed E-state index contributed by atoms with van der Waals surface area (Å²) in [5.41, 5.74) is 2.68. The minimum absolute atomic E-state index is 0.130. The van der Waals surface area contributed by atoms with Crippen LogP contribution in [0.3, 0.4) is 0 Å². The summed E-state index contributed by atoms with van der Waals surface area (Å²) in [5.74, 6) is 1.52. The van der Waals surface area contributed by atoms with Crippen LogP contribution in [0.2, 0.25) is 0 Å². The van der Waals surface area contributed by atoms with E-state index in [4.69, 9.17) is 0 Å². The molecule has 8 heteroatoms. The van der Waals surface area contributed by atoms with E-state index in [-0.39, 0.29) is 17.5 Å². The van der Waals surface area contributed by atoms with Crippen molar-refractivity contribution in [2.45, 2.75) is 25.4 Å². The van der Waals surface area contributed by atoms with Crippen LogP contribution >= 0.6 is 0 Å². The summed E-state index contributed by atoms with van der Waals surface area (Å²) in [6, 6.07) is 8.29. The van der Waals surface area contributed by atoms with Crippen LogP contribution in [-0.4, -0.2) is 47.7 Å². The topological polar surface area (TPSA) is 88.1 Å². The molecule has 2 aliphatic heterocycles. The van der Waals surface area contributed by atoms with Crippen LogP contribution in [0.5, 0.6) is 0 Å². The molecule has 1 unspecified atom stereocenters. The van der Waals surface area contributed by atoms with E-state index in [9.17, 15) is 8.42 Å². The number of hydrogen-bond donors (Lipinski definition) is 1. The molecule has 1 aromatic heterocycles. The first-order valence-corrected chi connectivity index (χ1v) is 9.90. The van der Waals surface area contributed by atoms with Crippen LogP contribution < -0.4 is 10.2 Å². The van der Waals surface area contributed by atoms with Crippen molar-refractivity contribution in [2.24, 2.45) is 0 Å². The highest BCUT2D eigenvalue weighted by Crippen LogP contribution is 2.23. The summed E-state index contributed by atoms with van der Waals surface area (Å²) < 4.78 is 23.1. The van der Waals surface area contributed by atoms with E-state index in [0.29, 0.717) is 12.4 Å². The molecule has 1 aromatic carbocycles. The highest BCUT2D eigenvalue weighted by atomic mass is 32.2. The van der Waals surface area contributed by atoms with Gasteiger partial charge in [-0.2, -0.15) is 10.1 Å². The number of fused-ring (bicyclic) bond motifs is 1. The lowest BCUT2D eigenvalue weighted by atomic mass is 10.0. The molecule has 126 valence electrons. The van der Waals surface area contributed by atoms with Crippen molar-refractivity contribution >= 4 is 21.6 Å². The molecule has 1 fully saturated rings. The Hall–Kier alpha value is -2.22. The predicted molar refractivity (Wildman–Crippen MR) is 91.7 cm³/mol. The normalized spacial score (nSPS) is 22.2. The van der Waals surface area contributed by atoms with Gasteiger partial charge in [0.25, 0.3) is 0 Å². The van der Waals surface area contributed by atoms with Crippen LogP contribution in [0.15, 0.2) is 30.5 Å². The zero-order valence-corrected chi connectivity index (χ0v) is 14.0. The zero-order valence-electron chi connectivity index (χ0n) is 13.2. The van der Waals surface area contributed by atoms with E-state index in [1.807, 2.05) is 6.07 Å². The fraction of sp³-hybridized carbons (Fsp3) is 0.438. The number of hydrogen-bond acceptors (Lipinski definition) is 7. The molecular formula is C16H19N5O2S. The third kappa shape index (κ3) is 3.19. The SMILES string of the molecule is O=S1(=O)CCC(Nc2nncc(N3CCc4ccccc4C3)n2)C1. The van der Waals surface area contributed by atoms with Crippen molar-refractivity contribution in [3.8, 4) is 0 Å². The van der Waals surface area contributed by atoms with Crippen molar-refractivity contribution < 1.29 is 8.42 Å². The molecule has 24 heavy (non-hydrogen) atoms. The van der Waals surface area contributed by atoms with Gasteiger partial charge < -0.3 is 10.2 Å². The number of rotatable bonds is 3. The molecule has 1 atom stereocenters. The molecule has 1 saturated heterocycles. The van der Waals surface area contributed by atoms with E-state index in [1.54, 1.807) is 6.20 Å². The Morgan fingerprint density at radius 1 is 1.21 bits per heavy atom. The molecule has 2 aliphatic rings. The Morgan fingerprint density at radius 3 is 2.83 bits per heavy atom. The maximum absolute atomic E-state index is 11.6. The molecule has 4 rings (SSSR count). The third-order valence-corrected chi connectivity index (χ3v) is 6.33. The van der Waals surface area contributed by atoms with Crippen LogP contribution in [0.25, 0.3) is 0 Å². The largest absolute Gasteiger partial charge is 0.350 e. The molecule has 0 bridgehead atoms. The fourth-order valence-corrected chi connectivity index (χ4v) is 4.96. The number of benzene rings is 1. The minimum atomic E-state index is -2.93. The first-order valence-electron chi connectivity index (χ1n) is 8.07. The molecule has 0 spiro atoms. The maximum Gasteiger partial charge on any atom is 0.244 e. The standard InChI is InChI=1S/C16H19N5O2S/c22-24(23)8-6-14(11-24)18-16-19-15(9-17-20-16)21-7-5-12-3-1-2-4-13(12)10-21/h1-4,9,14H,5-8,10-11H2,(H,18,19,20). The van der Waals surface area contributed by atoms with Gasteiger partial charge in [-0.3, -0.25) is 0 Å². The predicted octanol–water partition coefficient (Wildman–Crippen LogP) is 1.03. The number of nitrogens with zero attached hydrogens (tertiary/aromatic N) is 4. The molecule has 2 aromatic rings.